The summed E-state index contributed by atoms with van der Waals surface area (Å²) >= 11 is 0. The van der Waals surface area contributed by atoms with E-state index in [9.17, 15) is 4.79 Å². The van der Waals surface area contributed by atoms with Crippen molar-refractivity contribution < 1.29 is 4.79 Å². The van der Waals surface area contributed by atoms with E-state index in [2.05, 4.69) is 0 Å². The molecule has 0 saturated heterocycles. The average Bonchev–Trinajstić information content (AvgIpc) is 1.82. The first kappa shape index (κ1) is 12.2. The Hall–Kier alpha value is -0.540. The second-order valence-corrected chi connectivity index (χ2v) is 1.83. The predicted octanol–water partition coefficient (Wildman–Crippen LogP) is 0.189. The van der Waals surface area contributed by atoms with Crippen LogP contribution in [0.5, 0.6) is 0 Å². The number of carbonyl (C=O) groups excluding carboxylic acids is 1. The van der Waals surface area contributed by atoms with Gasteiger partial charge in [0.25, 0.3) is 0 Å². The summed E-state index contributed by atoms with van der Waals surface area (Å²) in [5.41, 5.74) is 10.7. The molecule has 4 N–H and O–H groups in total. The van der Waals surface area contributed by atoms with Crippen LogP contribution in [0, 0.1) is 0 Å². The molecule has 3 nitrogen and oxygen atoms in total. The van der Waals surface area contributed by atoms with Crippen LogP contribution in [-0.2, 0) is 4.79 Å². The smallest absolute Gasteiger partial charge is 0.244 e. The number of hydrogen-bond acceptors (Lipinski definition) is 2. The SMILES string of the molecule is C/C(=C\CCN)C(N)=O.Cl. The zero-order chi connectivity index (χ0) is 7.28. The zero-order valence-electron chi connectivity index (χ0n) is 5.96. The van der Waals surface area contributed by atoms with E-state index in [1.165, 1.54) is 0 Å². The molecule has 0 radical (unpaired) electrons. The fourth-order valence-corrected chi connectivity index (χ4v) is 0.400. The summed E-state index contributed by atoms with van der Waals surface area (Å²) in [7, 11) is 0. The summed E-state index contributed by atoms with van der Waals surface area (Å²) < 4.78 is 0. The molecule has 0 unspecified atom stereocenters. The predicted molar refractivity (Wildman–Crippen MR) is 43.9 cm³/mol. The van der Waals surface area contributed by atoms with Crippen molar-refractivity contribution in [3.63, 3.8) is 0 Å². The Morgan fingerprint density at radius 1 is 1.60 bits per heavy atom. The second kappa shape index (κ2) is 6.58. The van der Waals surface area contributed by atoms with Crippen LogP contribution >= 0.6 is 12.4 Å². The van der Waals surface area contributed by atoms with E-state index in [1.807, 2.05) is 0 Å². The van der Waals surface area contributed by atoms with Gasteiger partial charge < -0.3 is 11.5 Å². The minimum absolute atomic E-state index is 0. The van der Waals surface area contributed by atoms with Crippen LogP contribution in [0.15, 0.2) is 11.6 Å². The molecule has 0 spiro atoms. The fourth-order valence-electron chi connectivity index (χ4n) is 0.400. The molecule has 0 aromatic heterocycles. The largest absolute Gasteiger partial charge is 0.366 e. The number of hydrogen-bond donors (Lipinski definition) is 2. The van der Waals surface area contributed by atoms with Gasteiger partial charge in [-0.1, -0.05) is 6.08 Å². The van der Waals surface area contributed by atoms with Gasteiger partial charge in [0.15, 0.2) is 0 Å². The molecule has 0 aliphatic heterocycles. The average molecular weight is 165 g/mol. The lowest BCUT2D eigenvalue weighted by Gasteiger charge is -1.91. The van der Waals surface area contributed by atoms with Crippen LogP contribution in [0.1, 0.15) is 13.3 Å². The Morgan fingerprint density at radius 2 is 2.10 bits per heavy atom. The monoisotopic (exact) mass is 164 g/mol. The molecule has 0 rings (SSSR count). The lowest BCUT2D eigenvalue weighted by atomic mass is 10.2. The number of carbonyl (C=O) groups is 1. The lowest BCUT2D eigenvalue weighted by molar-refractivity contribution is -0.114. The third kappa shape index (κ3) is 5.59. The molecule has 4 heteroatoms. The Morgan fingerprint density at radius 3 is 2.40 bits per heavy atom. The van der Waals surface area contributed by atoms with Crippen molar-refractivity contribution in [1.29, 1.82) is 0 Å². The Balaban J connectivity index is 0. The molecule has 0 aromatic carbocycles. The van der Waals surface area contributed by atoms with Gasteiger partial charge in [0.2, 0.25) is 5.91 Å². The van der Waals surface area contributed by atoms with E-state index >= 15 is 0 Å². The third-order valence-electron chi connectivity index (χ3n) is 1.01. The summed E-state index contributed by atoms with van der Waals surface area (Å²) in [4.78, 5) is 10.3. The van der Waals surface area contributed by atoms with Crippen molar-refractivity contribution in [2.75, 3.05) is 6.54 Å². The molecule has 0 aliphatic carbocycles. The highest BCUT2D eigenvalue weighted by molar-refractivity contribution is 5.91. The van der Waals surface area contributed by atoms with Crippen molar-refractivity contribution in [3.05, 3.63) is 11.6 Å². The Bertz CT molecular complexity index is 134. The molecule has 60 valence electrons. The third-order valence-corrected chi connectivity index (χ3v) is 1.01. The van der Waals surface area contributed by atoms with E-state index in [-0.39, 0.29) is 18.3 Å². The van der Waals surface area contributed by atoms with Crippen molar-refractivity contribution >= 4 is 18.3 Å². The standard InChI is InChI=1S/C6H12N2O.ClH/c1-5(6(8)9)3-2-4-7;/h3H,2,4,7H2,1H3,(H2,8,9);1H/b5-3+;. The molecule has 0 aliphatic rings. The van der Waals surface area contributed by atoms with Crippen LogP contribution in [0.4, 0.5) is 0 Å². The maximum Gasteiger partial charge on any atom is 0.244 e. The highest BCUT2D eigenvalue weighted by Crippen LogP contribution is 1.91. The van der Waals surface area contributed by atoms with Crippen LogP contribution in [-0.4, -0.2) is 12.5 Å². The van der Waals surface area contributed by atoms with E-state index in [1.54, 1.807) is 13.0 Å². The van der Waals surface area contributed by atoms with Crippen molar-refractivity contribution in [1.82, 2.24) is 0 Å². The minimum Gasteiger partial charge on any atom is -0.366 e. The normalized spacial score (nSPS) is 10.4. The first-order valence-electron chi connectivity index (χ1n) is 2.85. The summed E-state index contributed by atoms with van der Waals surface area (Å²) in [6, 6.07) is 0. The molecule has 0 saturated carbocycles. The molecular formula is C6H13ClN2O. The number of rotatable bonds is 3. The molecule has 0 aromatic rings. The van der Waals surface area contributed by atoms with E-state index in [4.69, 9.17) is 11.5 Å². The summed E-state index contributed by atoms with van der Waals surface area (Å²) in [6.07, 6.45) is 2.46. The van der Waals surface area contributed by atoms with Crippen molar-refractivity contribution in [2.45, 2.75) is 13.3 Å². The Labute approximate surface area is 66.9 Å². The molecule has 0 bridgehead atoms. The van der Waals surface area contributed by atoms with Crippen LogP contribution < -0.4 is 11.5 Å². The Kier molecular flexibility index (Phi) is 8.00. The number of halogens is 1. The quantitative estimate of drug-likeness (QED) is 0.585. The van der Waals surface area contributed by atoms with Gasteiger partial charge in [-0.15, -0.1) is 12.4 Å². The van der Waals surface area contributed by atoms with Crippen LogP contribution in [0.2, 0.25) is 0 Å². The van der Waals surface area contributed by atoms with Gasteiger partial charge in [-0.2, -0.15) is 0 Å². The van der Waals surface area contributed by atoms with Crippen LogP contribution in [0.3, 0.4) is 0 Å². The van der Waals surface area contributed by atoms with Gasteiger partial charge in [0.1, 0.15) is 0 Å². The van der Waals surface area contributed by atoms with E-state index in [0.29, 0.717) is 12.1 Å². The number of amides is 1. The van der Waals surface area contributed by atoms with Gasteiger partial charge in [0, 0.05) is 5.57 Å². The van der Waals surface area contributed by atoms with Gasteiger partial charge in [-0.3, -0.25) is 4.79 Å². The van der Waals surface area contributed by atoms with Gasteiger partial charge >= 0.3 is 0 Å². The molecular weight excluding hydrogens is 152 g/mol. The van der Waals surface area contributed by atoms with Gasteiger partial charge in [-0.05, 0) is 19.9 Å². The number of nitrogens with two attached hydrogens (primary N) is 2. The summed E-state index contributed by atoms with van der Waals surface area (Å²) in [6.45, 7) is 2.24. The molecule has 10 heavy (non-hydrogen) atoms. The minimum atomic E-state index is -0.372. The lowest BCUT2D eigenvalue weighted by Crippen LogP contribution is -2.11. The molecule has 0 atom stereocenters. The molecule has 0 heterocycles. The zero-order valence-corrected chi connectivity index (χ0v) is 6.78. The summed E-state index contributed by atoms with van der Waals surface area (Å²) in [5.74, 6) is -0.372. The first-order valence-corrected chi connectivity index (χ1v) is 2.85. The highest BCUT2D eigenvalue weighted by atomic mass is 35.5. The molecule has 1 amide bonds. The van der Waals surface area contributed by atoms with E-state index < -0.39 is 0 Å². The van der Waals surface area contributed by atoms with Crippen molar-refractivity contribution in [3.8, 4) is 0 Å². The van der Waals surface area contributed by atoms with E-state index in [0.717, 1.165) is 6.42 Å². The maximum atomic E-state index is 10.3. The topological polar surface area (TPSA) is 69.1 Å². The molecule has 0 fully saturated rings. The van der Waals surface area contributed by atoms with Crippen molar-refractivity contribution in [2.24, 2.45) is 11.5 Å². The van der Waals surface area contributed by atoms with Gasteiger partial charge in [-0.25, -0.2) is 0 Å². The fraction of sp³-hybridized carbons (Fsp3) is 0.500. The first-order chi connectivity index (χ1) is 4.18. The van der Waals surface area contributed by atoms with Crippen LogP contribution in [0.25, 0.3) is 0 Å². The second-order valence-electron chi connectivity index (χ2n) is 1.83. The highest BCUT2D eigenvalue weighted by Gasteiger charge is 1.93. The van der Waals surface area contributed by atoms with Gasteiger partial charge in [0.05, 0.1) is 0 Å². The summed E-state index contributed by atoms with van der Waals surface area (Å²) in [5, 5.41) is 0. The number of primary amides is 1. The maximum absolute atomic E-state index is 10.3.